The fourth-order valence-electron chi connectivity index (χ4n) is 2.51. The maximum atomic E-state index is 4.75. The fraction of sp³-hybridized carbons (Fsp3) is 0.375. The van der Waals surface area contributed by atoms with Crippen LogP contribution in [0.1, 0.15) is 24.9 Å². The molecule has 1 N–H and O–H groups in total. The highest BCUT2D eigenvalue weighted by atomic mass is 32.1. The van der Waals surface area contributed by atoms with Gasteiger partial charge in [0, 0.05) is 24.9 Å². The smallest absolute Gasteiger partial charge is 0.123 e. The zero-order valence-electron chi connectivity index (χ0n) is 12.2. The van der Waals surface area contributed by atoms with Crippen LogP contribution in [-0.2, 0) is 19.5 Å². The Hall–Kier alpha value is -1.72. The van der Waals surface area contributed by atoms with E-state index >= 15 is 0 Å². The first kappa shape index (κ1) is 14.2. The maximum Gasteiger partial charge on any atom is 0.123 e. The van der Waals surface area contributed by atoms with Gasteiger partial charge in [-0.3, -0.25) is 0 Å². The summed E-state index contributed by atoms with van der Waals surface area (Å²) in [6.07, 6.45) is 2.09. The first-order valence-corrected chi connectivity index (χ1v) is 8.34. The van der Waals surface area contributed by atoms with Crippen LogP contribution in [0.3, 0.4) is 0 Å². The van der Waals surface area contributed by atoms with Gasteiger partial charge >= 0.3 is 0 Å². The van der Waals surface area contributed by atoms with E-state index in [-0.39, 0.29) is 0 Å². The Morgan fingerprint density at radius 2 is 2.19 bits per heavy atom. The second-order valence-electron chi connectivity index (χ2n) is 5.07. The van der Waals surface area contributed by atoms with Crippen LogP contribution in [0.5, 0.6) is 0 Å². The van der Waals surface area contributed by atoms with Gasteiger partial charge in [0.1, 0.15) is 5.82 Å². The molecule has 0 saturated carbocycles. The van der Waals surface area contributed by atoms with Gasteiger partial charge in [-0.2, -0.15) is 0 Å². The molecule has 0 atom stereocenters. The molecule has 0 saturated heterocycles. The summed E-state index contributed by atoms with van der Waals surface area (Å²) in [6, 6.07) is 8.36. The van der Waals surface area contributed by atoms with E-state index < -0.39 is 0 Å². The molecule has 0 spiro atoms. The quantitative estimate of drug-likeness (QED) is 0.681. The Morgan fingerprint density at radius 1 is 1.29 bits per heavy atom. The van der Waals surface area contributed by atoms with Gasteiger partial charge in [0.2, 0.25) is 0 Å². The van der Waals surface area contributed by atoms with Gasteiger partial charge in [-0.05, 0) is 18.6 Å². The molecule has 0 amide bonds. The molecule has 0 unspecified atom stereocenters. The Kier molecular flexibility index (Phi) is 4.62. The number of aryl methyl sites for hydroxylation is 1. The Morgan fingerprint density at radius 3 is 3.00 bits per heavy atom. The Balaban J connectivity index is 1.66. The maximum absolute atomic E-state index is 4.75. The average Bonchev–Trinajstić information content (AvgIpc) is 3.13. The summed E-state index contributed by atoms with van der Waals surface area (Å²) >= 11 is 1.65. The third-order valence-electron chi connectivity index (χ3n) is 3.51. The molecule has 2 heterocycles. The number of hydrogen-bond donors (Lipinski definition) is 1. The number of nitrogens with zero attached hydrogens (tertiary/aromatic N) is 3. The minimum Gasteiger partial charge on any atom is -0.327 e. The van der Waals surface area contributed by atoms with Crippen LogP contribution in [-0.4, -0.2) is 21.1 Å². The summed E-state index contributed by atoms with van der Waals surface area (Å²) in [5, 5.41) is 5.59. The van der Waals surface area contributed by atoms with Gasteiger partial charge in [0.15, 0.2) is 0 Å². The lowest BCUT2D eigenvalue weighted by Gasteiger charge is -2.08. The van der Waals surface area contributed by atoms with Gasteiger partial charge in [0.05, 0.1) is 28.8 Å². The highest BCUT2D eigenvalue weighted by Gasteiger charge is 2.09. The van der Waals surface area contributed by atoms with Gasteiger partial charge in [0.25, 0.3) is 0 Å². The number of aromatic nitrogens is 3. The number of rotatable bonds is 7. The largest absolute Gasteiger partial charge is 0.327 e. The van der Waals surface area contributed by atoms with E-state index in [9.17, 15) is 0 Å². The Bertz CT molecular complexity index is 687. The van der Waals surface area contributed by atoms with Crippen molar-refractivity contribution in [2.45, 2.75) is 32.9 Å². The highest BCUT2D eigenvalue weighted by molar-refractivity contribution is 7.07. The van der Waals surface area contributed by atoms with Crippen LogP contribution in [0.25, 0.3) is 11.0 Å². The molecule has 21 heavy (non-hydrogen) atoms. The number of benzene rings is 1. The zero-order valence-corrected chi connectivity index (χ0v) is 13.1. The molecule has 3 aromatic rings. The van der Waals surface area contributed by atoms with E-state index in [0.29, 0.717) is 0 Å². The van der Waals surface area contributed by atoms with E-state index in [1.165, 1.54) is 5.52 Å². The molecule has 0 bridgehead atoms. The third kappa shape index (κ3) is 3.31. The number of thiazole rings is 1. The fourth-order valence-corrected chi connectivity index (χ4v) is 3.10. The van der Waals surface area contributed by atoms with Crippen molar-refractivity contribution in [2.75, 3.05) is 6.54 Å². The molecule has 0 fully saturated rings. The normalized spacial score (nSPS) is 11.3. The van der Waals surface area contributed by atoms with E-state index in [4.69, 9.17) is 4.98 Å². The summed E-state index contributed by atoms with van der Waals surface area (Å²) in [5.74, 6) is 1.12. The van der Waals surface area contributed by atoms with E-state index in [2.05, 4.69) is 45.4 Å². The zero-order chi connectivity index (χ0) is 14.5. The molecule has 1 aromatic carbocycles. The van der Waals surface area contributed by atoms with Crippen molar-refractivity contribution in [3.05, 3.63) is 46.7 Å². The number of imidazole rings is 1. The van der Waals surface area contributed by atoms with Crippen LogP contribution in [0, 0.1) is 0 Å². The van der Waals surface area contributed by atoms with Crippen molar-refractivity contribution in [1.29, 1.82) is 0 Å². The molecular formula is C16H20N4S. The second-order valence-corrected chi connectivity index (χ2v) is 5.79. The lowest BCUT2D eigenvalue weighted by molar-refractivity contribution is 0.597. The van der Waals surface area contributed by atoms with Crippen molar-refractivity contribution < 1.29 is 0 Å². The minimum absolute atomic E-state index is 0.804. The lowest BCUT2D eigenvalue weighted by Crippen LogP contribution is -2.19. The monoisotopic (exact) mass is 300 g/mol. The number of para-hydroxylation sites is 2. The molecule has 2 aromatic heterocycles. The molecule has 5 heteroatoms. The van der Waals surface area contributed by atoms with Crippen molar-refractivity contribution in [1.82, 2.24) is 19.9 Å². The van der Waals surface area contributed by atoms with Crippen LogP contribution >= 0.6 is 11.3 Å². The molecule has 0 aliphatic carbocycles. The van der Waals surface area contributed by atoms with Gasteiger partial charge in [-0.15, -0.1) is 11.3 Å². The Labute approximate surface area is 128 Å². The predicted molar refractivity (Wildman–Crippen MR) is 87.5 cm³/mol. The molecule has 4 nitrogen and oxygen atoms in total. The van der Waals surface area contributed by atoms with Gasteiger partial charge in [-0.1, -0.05) is 19.1 Å². The first-order chi connectivity index (χ1) is 10.4. The first-order valence-electron chi connectivity index (χ1n) is 7.40. The topological polar surface area (TPSA) is 42.7 Å². The third-order valence-corrected chi connectivity index (χ3v) is 4.14. The summed E-state index contributed by atoms with van der Waals surface area (Å²) in [4.78, 5) is 9.05. The second kappa shape index (κ2) is 6.83. The van der Waals surface area contributed by atoms with Gasteiger partial charge < -0.3 is 9.88 Å². The summed E-state index contributed by atoms with van der Waals surface area (Å²) in [5.41, 5.74) is 5.36. The standard InChI is InChI=1S/C16H20N4S/c1-2-9-20-15-6-4-3-5-14(15)19-16(20)10-17-8-7-13-11-21-12-18-13/h3-6,11-12,17H,2,7-10H2,1H3. The van der Waals surface area contributed by atoms with Crippen LogP contribution < -0.4 is 5.32 Å². The van der Waals surface area contributed by atoms with E-state index in [0.717, 1.165) is 49.5 Å². The lowest BCUT2D eigenvalue weighted by atomic mass is 10.3. The highest BCUT2D eigenvalue weighted by Crippen LogP contribution is 2.16. The molecule has 0 aliphatic rings. The van der Waals surface area contributed by atoms with E-state index in [1.807, 2.05) is 11.6 Å². The van der Waals surface area contributed by atoms with Gasteiger partial charge in [-0.25, -0.2) is 9.97 Å². The van der Waals surface area contributed by atoms with Crippen LogP contribution in [0.4, 0.5) is 0 Å². The molecule has 0 aliphatic heterocycles. The minimum atomic E-state index is 0.804. The van der Waals surface area contributed by atoms with Crippen LogP contribution in [0.15, 0.2) is 35.2 Å². The molecule has 3 rings (SSSR count). The van der Waals surface area contributed by atoms with Crippen LogP contribution in [0.2, 0.25) is 0 Å². The molecule has 110 valence electrons. The number of hydrogen-bond acceptors (Lipinski definition) is 4. The van der Waals surface area contributed by atoms with E-state index in [1.54, 1.807) is 11.3 Å². The van der Waals surface area contributed by atoms with Crippen molar-refractivity contribution >= 4 is 22.4 Å². The summed E-state index contributed by atoms with van der Waals surface area (Å²) in [6.45, 7) is 4.95. The van der Waals surface area contributed by atoms with Crippen molar-refractivity contribution in [2.24, 2.45) is 0 Å². The predicted octanol–water partition coefficient (Wildman–Crippen LogP) is 3.24. The SMILES string of the molecule is CCCn1c(CNCCc2cscn2)nc2ccccc21. The number of nitrogens with one attached hydrogen (secondary N) is 1. The summed E-state index contributed by atoms with van der Waals surface area (Å²) < 4.78 is 2.32. The molecule has 0 radical (unpaired) electrons. The molecular weight excluding hydrogens is 280 g/mol. The van der Waals surface area contributed by atoms with Crippen molar-refractivity contribution in [3.63, 3.8) is 0 Å². The summed E-state index contributed by atoms with van der Waals surface area (Å²) in [7, 11) is 0. The van der Waals surface area contributed by atoms with Crippen molar-refractivity contribution in [3.8, 4) is 0 Å². The average molecular weight is 300 g/mol. The number of fused-ring (bicyclic) bond motifs is 1.